The van der Waals surface area contributed by atoms with Gasteiger partial charge in [0.05, 0.1) is 23.5 Å². The van der Waals surface area contributed by atoms with Crippen LogP contribution >= 0.6 is 0 Å². The van der Waals surface area contributed by atoms with Crippen LogP contribution in [0.2, 0.25) is 18.1 Å². The van der Waals surface area contributed by atoms with Gasteiger partial charge in [-0.15, -0.1) is 0 Å². The average molecular weight is 375 g/mol. The molecule has 5 heterocycles. The summed E-state index contributed by atoms with van der Waals surface area (Å²) in [4.78, 5) is 28.1. The Labute approximate surface area is 157 Å². The van der Waals surface area contributed by atoms with Crippen molar-refractivity contribution in [3.63, 3.8) is 0 Å². The normalized spacial score (nSPS) is 41.3. The van der Waals surface area contributed by atoms with Crippen LogP contribution in [-0.4, -0.2) is 49.8 Å². The lowest BCUT2D eigenvalue weighted by atomic mass is 9.63. The Morgan fingerprint density at radius 2 is 1.92 bits per heavy atom. The van der Waals surface area contributed by atoms with Crippen LogP contribution < -0.4 is 5.32 Å². The van der Waals surface area contributed by atoms with Crippen molar-refractivity contribution >= 4 is 20.1 Å². The molecule has 5 aliphatic heterocycles. The average Bonchev–Trinajstić information content (AvgIpc) is 2.76. The fourth-order valence-corrected chi connectivity index (χ4v) is 6.30. The summed E-state index contributed by atoms with van der Waals surface area (Å²) in [5, 5.41) is 3.33. The Morgan fingerprint density at radius 3 is 2.54 bits per heavy atom. The van der Waals surface area contributed by atoms with Crippen LogP contribution in [0.5, 0.6) is 0 Å². The summed E-state index contributed by atoms with van der Waals surface area (Å²) in [5.74, 6) is -0.199. The minimum atomic E-state index is -2.05. The molecule has 6 heteroatoms. The number of rotatable bonds is 2. The molecular weight excluding hydrogens is 344 g/mol. The van der Waals surface area contributed by atoms with E-state index in [4.69, 9.17) is 4.43 Å². The van der Waals surface area contributed by atoms with Gasteiger partial charge in [-0.05, 0) is 31.0 Å². The van der Waals surface area contributed by atoms with Crippen LogP contribution in [0.1, 0.15) is 33.6 Å². The van der Waals surface area contributed by atoms with E-state index in [0.717, 1.165) is 6.42 Å². The molecule has 26 heavy (non-hydrogen) atoms. The predicted molar refractivity (Wildman–Crippen MR) is 103 cm³/mol. The van der Waals surface area contributed by atoms with Crippen molar-refractivity contribution < 1.29 is 14.0 Å². The third-order valence-corrected chi connectivity index (χ3v) is 12.1. The largest absolute Gasteiger partial charge is 0.411 e. The number of amides is 2. The van der Waals surface area contributed by atoms with Crippen LogP contribution in [0.25, 0.3) is 0 Å². The molecule has 0 aromatic carbocycles. The molecule has 2 amide bonds. The molecule has 5 atom stereocenters. The predicted octanol–water partition coefficient (Wildman–Crippen LogP) is 2.61. The summed E-state index contributed by atoms with van der Waals surface area (Å²) < 4.78 is 6.79. The SMILES string of the molecule is CN1C(=O)[C@]23C=C[C@H]1[C@@H]1C=C[C@]2(NC1=O)[C@@H](O[Si](C)(C)C(C)(C)C)CC3. The number of nitrogens with one attached hydrogen (secondary N) is 1. The van der Waals surface area contributed by atoms with Gasteiger partial charge in [0.25, 0.3) is 0 Å². The van der Waals surface area contributed by atoms with Gasteiger partial charge in [0.15, 0.2) is 8.32 Å². The third kappa shape index (κ3) is 2.00. The van der Waals surface area contributed by atoms with Crippen LogP contribution in [0.4, 0.5) is 0 Å². The Morgan fingerprint density at radius 1 is 1.23 bits per heavy atom. The molecule has 0 unspecified atom stereocenters. The van der Waals surface area contributed by atoms with E-state index in [1.54, 1.807) is 4.90 Å². The van der Waals surface area contributed by atoms with Crippen molar-refractivity contribution in [2.75, 3.05) is 7.05 Å². The zero-order valence-corrected chi connectivity index (χ0v) is 17.6. The van der Waals surface area contributed by atoms with E-state index in [0.29, 0.717) is 6.42 Å². The Hall–Kier alpha value is -1.40. The lowest BCUT2D eigenvalue weighted by molar-refractivity contribution is -0.151. The van der Waals surface area contributed by atoms with Crippen molar-refractivity contribution in [3.05, 3.63) is 24.3 Å². The number of carbonyl (C=O) groups excluding carboxylic acids is 2. The molecule has 7 rings (SSSR count). The zero-order chi connectivity index (χ0) is 19.1. The second-order valence-electron chi connectivity index (χ2n) is 9.89. The zero-order valence-electron chi connectivity index (χ0n) is 16.6. The first-order valence-corrected chi connectivity index (χ1v) is 12.5. The van der Waals surface area contributed by atoms with Crippen molar-refractivity contribution in [2.45, 2.75) is 69.4 Å². The highest BCUT2D eigenvalue weighted by atomic mass is 28.4. The summed E-state index contributed by atoms with van der Waals surface area (Å²) in [6.45, 7) is 11.1. The molecule has 2 aliphatic carbocycles. The Kier molecular flexibility index (Phi) is 3.53. The maximum absolute atomic E-state index is 13.4. The summed E-state index contributed by atoms with van der Waals surface area (Å²) in [5.41, 5.74) is -1.51. The number of hydrogen-bond acceptors (Lipinski definition) is 3. The highest BCUT2D eigenvalue weighted by molar-refractivity contribution is 6.74. The number of hydrogen-bond donors (Lipinski definition) is 1. The standard InChI is InChI=1S/C20H30N2O3Si/c1-18(2,3)26(5,6)25-15-9-11-19-10-8-14(22(4)17(19)24)13-7-12-20(15,19)21-16(13)23/h7-8,10,12-15H,9,11H2,1-6H3,(H,21,23)/t13-,14-,15-,19+,20-/m0/s1. The van der Waals surface area contributed by atoms with Crippen molar-refractivity contribution in [1.82, 2.24) is 10.2 Å². The second-order valence-corrected chi connectivity index (χ2v) is 14.6. The van der Waals surface area contributed by atoms with Gasteiger partial charge in [-0.1, -0.05) is 45.1 Å². The Balaban J connectivity index is 1.84. The van der Waals surface area contributed by atoms with Crippen molar-refractivity contribution in [2.24, 2.45) is 11.3 Å². The molecule has 2 spiro atoms. The molecule has 4 bridgehead atoms. The number of carbonyl (C=O) groups is 2. The van der Waals surface area contributed by atoms with E-state index in [1.165, 1.54) is 0 Å². The molecule has 1 saturated heterocycles. The topological polar surface area (TPSA) is 58.6 Å². The molecule has 0 radical (unpaired) electrons. The van der Waals surface area contributed by atoms with Crippen LogP contribution in [0, 0.1) is 11.3 Å². The van der Waals surface area contributed by atoms with Gasteiger partial charge in [0.2, 0.25) is 11.8 Å². The van der Waals surface area contributed by atoms with E-state index in [1.807, 2.05) is 13.1 Å². The monoisotopic (exact) mass is 374 g/mol. The third-order valence-electron chi connectivity index (χ3n) is 7.58. The van der Waals surface area contributed by atoms with Gasteiger partial charge in [-0.3, -0.25) is 9.59 Å². The molecular formula is C20H30N2O3Si. The second kappa shape index (κ2) is 5.10. The van der Waals surface area contributed by atoms with E-state index < -0.39 is 19.3 Å². The minimum absolute atomic E-state index is 0.0105. The summed E-state index contributed by atoms with van der Waals surface area (Å²) in [6, 6.07) is -0.192. The Bertz CT molecular complexity index is 738. The fraction of sp³-hybridized carbons (Fsp3) is 0.700. The molecule has 5 nitrogen and oxygen atoms in total. The minimum Gasteiger partial charge on any atom is -0.411 e. The summed E-state index contributed by atoms with van der Waals surface area (Å²) >= 11 is 0. The number of likely N-dealkylation sites (N-methyl/N-ethyl adjacent to an activating group) is 1. The van der Waals surface area contributed by atoms with E-state index in [2.05, 4.69) is 57.4 Å². The van der Waals surface area contributed by atoms with Gasteiger partial charge < -0.3 is 14.6 Å². The van der Waals surface area contributed by atoms with Crippen LogP contribution in [0.3, 0.4) is 0 Å². The van der Waals surface area contributed by atoms with Gasteiger partial charge in [-0.25, -0.2) is 0 Å². The van der Waals surface area contributed by atoms with Gasteiger partial charge in [0, 0.05) is 7.05 Å². The van der Waals surface area contributed by atoms with Crippen molar-refractivity contribution in [1.29, 1.82) is 0 Å². The van der Waals surface area contributed by atoms with E-state index in [9.17, 15) is 9.59 Å². The van der Waals surface area contributed by atoms with Gasteiger partial charge >= 0.3 is 0 Å². The highest BCUT2D eigenvalue weighted by Crippen LogP contribution is 2.57. The molecule has 1 saturated carbocycles. The molecule has 2 fully saturated rings. The molecule has 1 N–H and O–H groups in total. The molecule has 0 aromatic rings. The summed E-state index contributed by atoms with van der Waals surface area (Å²) in [7, 11) is -0.220. The first kappa shape index (κ1) is 18.0. The first-order chi connectivity index (χ1) is 12.0. The maximum Gasteiger partial charge on any atom is 0.235 e. The molecule has 142 valence electrons. The van der Waals surface area contributed by atoms with Gasteiger partial charge in [0.1, 0.15) is 5.54 Å². The van der Waals surface area contributed by atoms with Crippen LogP contribution in [0.15, 0.2) is 24.3 Å². The molecule has 0 aromatic heterocycles. The molecule has 7 aliphatic rings. The van der Waals surface area contributed by atoms with E-state index >= 15 is 0 Å². The van der Waals surface area contributed by atoms with Crippen LogP contribution in [-0.2, 0) is 14.0 Å². The van der Waals surface area contributed by atoms with Crippen molar-refractivity contribution in [3.8, 4) is 0 Å². The smallest absolute Gasteiger partial charge is 0.235 e. The number of nitrogens with zero attached hydrogens (tertiary/aromatic N) is 1. The lowest BCUT2D eigenvalue weighted by Crippen LogP contribution is -2.73. The summed E-state index contributed by atoms with van der Waals surface area (Å²) in [6.07, 6.45) is 9.54. The lowest BCUT2D eigenvalue weighted by Gasteiger charge is -2.56. The quantitative estimate of drug-likeness (QED) is 0.597. The highest BCUT2D eigenvalue weighted by Gasteiger charge is 2.69. The van der Waals surface area contributed by atoms with Gasteiger partial charge in [-0.2, -0.15) is 0 Å². The maximum atomic E-state index is 13.4. The van der Waals surface area contributed by atoms with E-state index in [-0.39, 0.29) is 34.9 Å². The first-order valence-electron chi connectivity index (χ1n) is 9.61. The fourth-order valence-electron chi connectivity index (χ4n) is 4.93.